The van der Waals surface area contributed by atoms with E-state index in [-0.39, 0.29) is 5.82 Å². The van der Waals surface area contributed by atoms with E-state index < -0.39 is 8.80 Å². The molecule has 0 aliphatic rings. The van der Waals surface area contributed by atoms with Gasteiger partial charge in [-0.3, -0.25) is 0 Å². The van der Waals surface area contributed by atoms with Crippen LogP contribution in [0.5, 0.6) is 0 Å². The van der Waals surface area contributed by atoms with E-state index in [1.165, 1.54) is 12.1 Å². The summed E-state index contributed by atoms with van der Waals surface area (Å²) in [7, 11) is -2.79. The van der Waals surface area contributed by atoms with Crippen molar-refractivity contribution in [1.29, 1.82) is 0 Å². The lowest BCUT2D eigenvalue weighted by molar-refractivity contribution is 0.0703. The molecule has 0 saturated carbocycles. The highest BCUT2D eigenvalue weighted by Crippen LogP contribution is 2.24. The normalized spacial score (nSPS) is 11.8. The molecule has 0 spiro atoms. The molecular formula is C13H20BrFO3Si. The lowest BCUT2D eigenvalue weighted by Gasteiger charge is -2.28. The molecule has 6 heteroatoms. The molecule has 1 aromatic carbocycles. The van der Waals surface area contributed by atoms with Crippen molar-refractivity contribution in [2.24, 2.45) is 0 Å². The minimum Gasteiger partial charge on any atom is -0.374 e. The molecule has 108 valence electrons. The van der Waals surface area contributed by atoms with Gasteiger partial charge < -0.3 is 13.3 Å². The van der Waals surface area contributed by atoms with Crippen LogP contribution in [0.2, 0.25) is 0 Å². The Morgan fingerprint density at radius 3 is 2.05 bits per heavy atom. The Kier molecular flexibility index (Phi) is 7.16. The smallest absolute Gasteiger partial charge is 0.374 e. The lowest BCUT2D eigenvalue weighted by Crippen LogP contribution is -2.48. The van der Waals surface area contributed by atoms with Crippen molar-refractivity contribution in [3.05, 3.63) is 34.1 Å². The Bertz CT molecular complexity index is 386. The quantitative estimate of drug-likeness (QED) is 0.668. The lowest BCUT2D eigenvalue weighted by atomic mass is 10.2. The van der Waals surface area contributed by atoms with Crippen molar-refractivity contribution in [2.75, 3.05) is 19.8 Å². The fourth-order valence-electron chi connectivity index (χ4n) is 1.85. The number of halogens is 2. The first-order valence-electron chi connectivity index (χ1n) is 6.42. The van der Waals surface area contributed by atoms with Gasteiger partial charge in [-0.05, 0) is 44.5 Å². The van der Waals surface area contributed by atoms with Crippen LogP contribution in [0.1, 0.15) is 26.3 Å². The number of hydrogen-bond donors (Lipinski definition) is 0. The highest BCUT2D eigenvalue weighted by molar-refractivity contribution is 9.10. The van der Waals surface area contributed by atoms with Gasteiger partial charge in [0.1, 0.15) is 5.82 Å². The molecule has 0 aliphatic carbocycles. The van der Waals surface area contributed by atoms with Crippen LogP contribution in [0.3, 0.4) is 0 Å². The molecule has 1 rings (SSSR count). The summed E-state index contributed by atoms with van der Waals surface area (Å²) < 4.78 is 31.5. The maximum atomic E-state index is 13.4. The third kappa shape index (κ3) is 4.96. The minimum absolute atomic E-state index is 0.273. The van der Waals surface area contributed by atoms with Gasteiger partial charge in [-0.15, -0.1) is 0 Å². The zero-order valence-corrected chi connectivity index (χ0v) is 14.1. The van der Waals surface area contributed by atoms with Gasteiger partial charge in [-0.2, -0.15) is 0 Å². The van der Waals surface area contributed by atoms with Gasteiger partial charge in [0.2, 0.25) is 0 Å². The van der Waals surface area contributed by atoms with Gasteiger partial charge in [-0.1, -0.05) is 15.9 Å². The largest absolute Gasteiger partial charge is 0.505 e. The summed E-state index contributed by atoms with van der Waals surface area (Å²) in [4.78, 5) is 0. The highest BCUT2D eigenvalue weighted by Gasteiger charge is 2.41. The Labute approximate surface area is 123 Å². The van der Waals surface area contributed by atoms with E-state index in [9.17, 15) is 4.39 Å². The van der Waals surface area contributed by atoms with Crippen LogP contribution in [0, 0.1) is 5.82 Å². The van der Waals surface area contributed by atoms with E-state index in [4.69, 9.17) is 13.3 Å². The van der Waals surface area contributed by atoms with Crippen LogP contribution in [-0.4, -0.2) is 28.6 Å². The van der Waals surface area contributed by atoms with E-state index in [1.807, 2.05) is 20.8 Å². The average Bonchev–Trinajstić information content (AvgIpc) is 2.35. The fraction of sp³-hybridized carbons (Fsp3) is 0.538. The zero-order valence-electron chi connectivity index (χ0n) is 11.5. The SMILES string of the molecule is CCO[Si](Cc1cc(F)ccc1Br)(OCC)OCC. The Balaban J connectivity index is 3.00. The first-order chi connectivity index (χ1) is 9.06. The maximum Gasteiger partial charge on any atom is 0.505 e. The average molecular weight is 351 g/mol. The third-order valence-corrected chi connectivity index (χ3v) is 6.28. The van der Waals surface area contributed by atoms with Crippen molar-refractivity contribution < 1.29 is 17.7 Å². The van der Waals surface area contributed by atoms with E-state index in [0.29, 0.717) is 25.9 Å². The van der Waals surface area contributed by atoms with E-state index in [2.05, 4.69) is 15.9 Å². The van der Waals surface area contributed by atoms with E-state index >= 15 is 0 Å². The van der Waals surface area contributed by atoms with Crippen molar-refractivity contribution >= 4 is 24.7 Å². The molecule has 1 aromatic rings. The Morgan fingerprint density at radius 1 is 1.05 bits per heavy atom. The molecule has 0 radical (unpaired) electrons. The minimum atomic E-state index is -2.79. The van der Waals surface area contributed by atoms with Gasteiger partial charge in [0.05, 0.1) is 0 Å². The van der Waals surface area contributed by atoms with Crippen molar-refractivity contribution in [2.45, 2.75) is 26.8 Å². The molecule has 0 aliphatic heterocycles. The Hall–Kier alpha value is -0.273. The second-order valence-electron chi connectivity index (χ2n) is 3.89. The molecule has 0 fully saturated rings. The van der Waals surface area contributed by atoms with Crippen molar-refractivity contribution in [1.82, 2.24) is 0 Å². The molecule has 0 atom stereocenters. The summed E-state index contributed by atoms with van der Waals surface area (Å²) >= 11 is 3.43. The molecule has 19 heavy (non-hydrogen) atoms. The fourth-order valence-corrected chi connectivity index (χ4v) is 5.13. The zero-order chi connectivity index (χ0) is 14.3. The summed E-state index contributed by atoms with van der Waals surface area (Å²) in [6.07, 6.45) is 0. The molecule has 0 bridgehead atoms. The molecule has 0 N–H and O–H groups in total. The first kappa shape index (κ1) is 16.8. The van der Waals surface area contributed by atoms with Crippen LogP contribution in [0.4, 0.5) is 4.39 Å². The van der Waals surface area contributed by atoms with Crippen LogP contribution >= 0.6 is 15.9 Å². The summed E-state index contributed by atoms with van der Waals surface area (Å²) in [6, 6.07) is 5.05. The number of hydrogen-bond acceptors (Lipinski definition) is 3. The number of benzene rings is 1. The molecule has 0 saturated heterocycles. The predicted molar refractivity (Wildman–Crippen MR) is 78.4 cm³/mol. The molecular weight excluding hydrogens is 331 g/mol. The van der Waals surface area contributed by atoms with Gasteiger partial charge in [0, 0.05) is 30.3 Å². The third-order valence-electron chi connectivity index (χ3n) is 2.51. The van der Waals surface area contributed by atoms with Gasteiger partial charge >= 0.3 is 8.80 Å². The monoisotopic (exact) mass is 350 g/mol. The summed E-state index contributed by atoms with van der Waals surface area (Å²) in [5, 5.41) is 0. The van der Waals surface area contributed by atoms with E-state index in [1.54, 1.807) is 6.07 Å². The number of rotatable bonds is 8. The Morgan fingerprint density at radius 2 is 1.58 bits per heavy atom. The van der Waals surface area contributed by atoms with Crippen LogP contribution < -0.4 is 0 Å². The second-order valence-corrected chi connectivity index (χ2v) is 7.33. The molecule has 0 amide bonds. The predicted octanol–water partition coefficient (Wildman–Crippen LogP) is 3.72. The second kappa shape index (κ2) is 8.11. The van der Waals surface area contributed by atoms with Crippen LogP contribution in [0.15, 0.2) is 22.7 Å². The van der Waals surface area contributed by atoms with Crippen molar-refractivity contribution in [3.63, 3.8) is 0 Å². The maximum absolute atomic E-state index is 13.4. The van der Waals surface area contributed by atoms with Gasteiger partial charge in [0.15, 0.2) is 0 Å². The molecule has 0 heterocycles. The van der Waals surface area contributed by atoms with Crippen LogP contribution in [0.25, 0.3) is 0 Å². The van der Waals surface area contributed by atoms with Crippen molar-refractivity contribution in [3.8, 4) is 0 Å². The molecule has 0 unspecified atom stereocenters. The molecule has 3 nitrogen and oxygen atoms in total. The van der Waals surface area contributed by atoms with Gasteiger partial charge in [0.25, 0.3) is 0 Å². The highest BCUT2D eigenvalue weighted by atomic mass is 79.9. The summed E-state index contributed by atoms with van der Waals surface area (Å²) in [6.45, 7) is 7.25. The van der Waals surface area contributed by atoms with E-state index in [0.717, 1.165) is 10.0 Å². The first-order valence-corrected chi connectivity index (χ1v) is 9.15. The van der Waals surface area contributed by atoms with Gasteiger partial charge in [-0.25, -0.2) is 4.39 Å². The van der Waals surface area contributed by atoms with Crippen LogP contribution in [-0.2, 0) is 19.3 Å². The molecule has 0 aromatic heterocycles. The summed E-state index contributed by atoms with van der Waals surface area (Å²) in [5.41, 5.74) is 0.807. The summed E-state index contributed by atoms with van der Waals surface area (Å²) in [5.74, 6) is -0.273. The topological polar surface area (TPSA) is 27.7 Å². The standard InChI is InChI=1S/C13H20BrFO3Si/c1-4-16-19(17-5-2,18-6-3)10-11-9-12(15)7-8-13(11)14/h7-9H,4-6,10H2,1-3H3.